The first kappa shape index (κ1) is 18.1. The summed E-state index contributed by atoms with van der Waals surface area (Å²) in [5.74, 6) is 0. The van der Waals surface area contributed by atoms with Crippen LogP contribution in [0.25, 0.3) is 11.3 Å². The Morgan fingerprint density at radius 2 is 1.29 bits per heavy atom. The second kappa shape index (κ2) is 9.11. The third-order valence-corrected chi connectivity index (χ3v) is 4.66. The summed E-state index contributed by atoms with van der Waals surface area (Å²) in [7, 11) is 0. The van der Waals surface area contributed by atoms with Crippen LogP contribution in [0.2, 0.25) is 0 Å². The van der Waals surface area contributed by atoms with Crippen molar-refractivity contribution < 1.29 is 0 Å². The Morgan fingerprint density at radius 3 is 1.96 bits per heavy atom. The first-order valence-corrected chi connectivity index (χ1v) is 9.66. The Labute approximate surface area is 165 Å². The van der Waals surface area contributed by atoms with E-state index in [2.05, 4.69) is 53.8 Å². The Morgan fingerprint density at radius 1 is 0.679 bits per heavy atom. The van der Waals surface area contributed by atoms with Crippen LogP contribution in [0.3, 0.4) is 0 Å². The summed E-state index contributed by atoms with van der Waals surface area (Å²) < 4.78 is 0. The van der Waals surface area contributed by atoms with Gasteiger partial charge in [0.25, 0.3) is 0 Å². The molecule has 0 saturated heterocycles. The van der Waals surface area contributed by atoms with Crippen LogP contribution in [-0.4, -0.2) is 21.5 Å². The lowest BCUT2D eigenvalue weighted by atomic mass is 10.1. The van der Waals surface area contributed by atoms with Crippen LogP contribution >= 0.6 is 0 Å². The van der Waals surface area contributed by atoms with Crippen LogP contribution in [0.1, 0.15) is 16.8 Å². The molecule has 1 heterocycles. The molecule has 28 heavy (non-hydrogen) atoms. The van der Waals surface area contributed by atoms with Crippen molar-refractivity contribution >= 4 is 0 Å². The zero-order valence-electron chi connectivity index (χ0n) is 15.8. The summed E-state index contributed by atoms with van der Waals surface area (Å²) in [6.07, 6.45) is 1.000. The molecule has 0 unspecified atom stereocenters. The predicted octanol–water partition coefficient (Wildman–Crippen LogP) is 4.33. The van der Waals surface area contributed by atoms with E-state index in [0.29, 0.717) is 13.1 Å². The van der Waals surface area contributed by atoms with Crippen LogP contribution in [0.15, 0.2) is 91.0 Å². The third-order valence-electron chi connectivity index (χ3n) is 4.66. The fourth-order valence-electron chi connectivity index (χ4n) is 3.22. The fraction of sp³-hybridized carbons (Fsp3) is 0.167. The number of hydrogen-bond donors (Lipinski definition) is 1. The number of hydrogen-bond acceptors (Lipinski definition) is 3. The van der Waals surface area contributed by atoms with Crippen molar-refractivity contribution in [2.75, 3.05) is 6.54 Å². The van der Waals surface area contributed by atoms with Crippen LogP contribution < -0.4 is 5.32 Å². The van der Waals surface area contributed by atoms with E-state index in [4.69, 9.17) is 10.2 Å². The summed E-state index contributed by atoms with van der Waals surface area (Å²) in [6.45, 7) is 2.28. The lowest BCUT2D eigenvalue weighted by molar-refractivity contribution is 0.577. The maximum atomic E-state index is 4.78. The topological polar surface area (TPSA) is 42.7 Å². The van der Waals surface area contributed by atoms with E-state index in [-0.39, 0.29) is 0 Å². The lowest BCUT2D eigenvalue weighted by Crippen LogP contribution is -2.17. The molecule has 4 rings (SSSR count). The van der Waals surface area contributed by atoms with Crippen LogP contribution in [-0.2, 0) is 19.5 Å². The van der Waals surface area contributed by atoms with Gasteiger partial charge in [0.2, 0.25) is 0 Å². The van der Waals surface area contributed by atoms with Gasteiger partial charge in [0, 0.05) is 12.1 Å². The molecule has 0 aliphatic heterocycles. The molecule has 1 aromatic heterocycles. The van der Waals surface area contributed by atoms with Gasteiger partial charge in [0.15, 0.2) is 0 Å². The van der Waals surface area contributed by atoms with Gasteiger partial charge in [-0.1, -0.05) is 91.0 Å². The average molecular weight is 368 g/mol. The predicted molar refractivity (Wildman–Crippen MR) is 113 cm³/mol. The van der Waals surface area contributed by atoms with Crippen molar-refractivity contribution in [2.45, 2.75) is 19.5 Å². The Hall–Kier alpha value is -3.24. The van der Waals surface area contributed by atoms with Gasteiger partial charge >= 0.3 is 0 Å². The van der Waals surface area contributed by atoms with Crippen molar-refractivity contribution in [3.63, 3.8) is 0 Å². The van der Waals surface area contributed by atoms with Crippen LogP contribution in [0, 0.1) is 0 Å². The quantitative estimate of drug-likeness (QED) is 0.471. The van der Waals surface area contributed by atoms with Gasteiger partial charge in [0.1, 0.15) is 11.4 Å². The Bertz CT molecular complexity index is 979. The minimum atomic E-state index is 0.671. The van der Waals surface area contributed by atoms with Gasteiger partial charge in [-0.05, 0) is 24.1 Å². The van der Waals surface area contributed by atoms with E-state index in [1.807, 2.05) is 42.5 Å². The summed E-state index contributed by atoms with van der Waals surface area (Å²) in [6, 6.07) is 31.1. The molecule has 0 atom stereocenters. The number of benzene rings is 3. The average Bonchev–Trinajstić information content (AvgIpc) is 3.16. The number of rotatable bonds is 8. The van der Waals surface area contributed by atoms with E-state index >= 15 is 0 Å². The number of nitrogens with one attached hydrogen (secondary N) is 1. The highest BCUT2D eigenvalue weighted by Crippen LogP contribution is 2.20. The standard InChI is InChI=1S/C24H24N4/c1-4-10-20(11-5-1)16-17-25-18-23-24(22-14-8-3-9-15-22)27-28(26-23)19-21-12-6-2-7-13-21/h1-15,25H,16-19H2. The summed E-state index contributed by atoms with van der Waals surface area (Å²) in [4.78, 5) is 1.80. The van der Waals surface area contributed by atoms with Gasteiger partial charge < -0.3 is 5.32 Å². The third kappa shape index (κ3) is 4.72. The number of aromatic nitrogens is 3. The molecule has 0 spiro atoms. The summed E-state index contributed by atoms with van der Waals surface area (Å²) >= 11 is 0. The molecule has 0 bridgehead atoms. The molecule has 4 nitrogen and oxygen atoms in total. The van der Waals surface area contributed by atoms with Crippen molar-refractivity contribution in [3.05, 3.63) is 108 Å². The first-order valence-electron chi connectivity index (χ1n) is 9.66. The van der Waals surface area contributed by atoms with Crippen molar-refractivity contribution in [1.29, 1.82) is 0 Å². The molecule has 0 radical (unpaired) electrons. The minimum Gasteiger partial charge on any atom is -0.311 e. The largest absolute Gasteiger partial charge is 0.311 e. The summed E-state index contributed by atoms with van der Waals surface area (Å²) in [5.41, 5.74) is 5.56. The molecular formula is C24H24N4. The van der Waals surface area contributed by atoms with Crippen molar-refractivity contribution in [3.8, 4) is 11.3 Å². The summed E-state index contributed by atoms with van der Waals surface area (Å²) in [5, 5.41) is 13.1. The maximum absolute atomic E-state index is 4.78. The molecule has 0 aliphatic carbocycles. The monoisotopic (exact) mass is 368 g/mol. The molecule has 140 valence electrons. The highest BCUT2D eigenvalue weighted by atomic mass is 15.5. The second-order valence-electron chi connectivity index (χ2n) is 6.79. The molecular weight excluding hydrogens is 344 g/mol. The zero-order chi connectivity index (χ0) is 19.0. The van der Waals surface area contributed by atoms with Gasteiger partial charge in [-0.2, -0.15) is 15.0 Å². The number of nitrogens with zero attached hydrogens (tertiary/aromatic N) is 3. The minimum absolute atomic E-state index is 0.671. The molecule has 4 aromatic rings. The van der Waals surface area contributed by atoms with Crippen LogP contribution in [0.4, 0.5) is 0 Å². The maximum Gasteiger partial charge on any atom is 0.117 e. The highest BCUT2D eigenvalue weighted by Gasteiger charge is 2.13. The van der Waals surface area contributed by atoms with Gasteiger partial charge in [-0.3, -0.25) is 0 Å². The Kier molecular flexibility index (Phi) is 5.90. The molecule has 0 fully saturated rings. The molecule has 0 saturated carbocycles. The van der Waals surface area contributed by atoms with Crippen LogP contribution in [0.5, 0.6) is 0 Å². The van der Waals surface area contributed by atoms with Gasteiger partial charge in [0.05, 0.1) is 6.54 Å². The SMILES string of the molecule is c1ccc(CCNCc2nn(Cc3ccccc3)nc2-c2ccccc2)cc1. The van der Waals surface area contributed by atoms with E-state index < -0.39 is 0 Å². The highest BCUT2D eigenvalue weighted by molar-refractivity contribution is 5.60. The lowest BCUT2D eigenvalue weighted by Gasteiger charge is -2.04. The normalized spacial score (nSPS) is 10.9. The Balaban J connectivity index is 1.47. The molecule has 1 N–H and O–H groups in total. The van der Waals surface area contributed by atoms with Gasteiger partial charge in [-0.25, -0.2) is 0 Å². The smallest absolute Gasteiger partial charge is 0.117 e. The molecule has 3 aromatic carbocycles. The van der Waals surface area contributed by atoms with Crippen molar-refractivity contribution in [2.24, 2.45) is 0 Å². The van der Waals surface area contributed by atoms with E-state index in [0.717, 1.165) is 29.9 Å². The molecule has 0 amide bonds. The second-order valence-corrected chi connectivity index (χ2v) is 6.79. The van der Waals surface area contributed by atoms with Gasteiger partial charge in [-0.15, -0.1) is 0 Å². The van der Waals surface area contributed by atoms with E-state index in [1.165, 1.54) is 11.1 Å². The fourth-order valence-corrected chi connectivity index (χ4v) is 3.22. The van der Waals surface area contributed by atoms with E-state index in [1.54, 1.807) is 4.80 Å². The van der Waals surface area contributed by atoms with E-state index in [9.17, 15) is 0 Å². The zero-order valence-corrected chi connectivity index (χ0v) is 15.8. The van der Waals surface area contributed by atoms with Crippen molar-refractivity contribution in [1.82, 2.24) is 20.3 Å². The first-order chi connectivity index (χ1) is 13.9. The molecule has 0 aliphatic rings. The molecule has 4 heteroatoms.